The third-order valence-corrected chi connectivity index (χ3v) is 2.15. The molecule has 0 saturated carbocycles. The van der Waals surface area contributed by atoms with Gasteiger partial charge in [-0.25, -0.2) is 14.4 Å². The van der Waals surface area contributed by atoms with E-state index in [0.717, 1.165) is 12.8 Å². The number of unbranched alkanes of at least 4 members (excludes halogenated alkanes) is 1. The number of imidazole rings is 1. The van der Waals surface area contributed by atoms with Crippen molar-refractivity contribution in [2.24, 2.45) is 7.05 Å². The Hall–Kier alpha value is -2.21. The first-order valence-corrected chi connectivity index (χ1v) is 5.14. The summed E-state index contributed by atoms with van der Waals surface area (Å²) >= 11 is 0. The fraction of sp³-hybridized carbons (Fsp3) is 0.545. The Morgan fingerprint density at radius 1 is 1.53 bits per heavy atom. The van der Waals surface area contributed by atoms with Gasteiger partial charge in [-0.05, 0) is 6.42 Å². The average Bonchev–Trinajstić information content (AvgIpc) is 2.60. The Kier molecular flexibility index (Phi) is 12.0. The molecule has 0 aromatic carbocycles. The third kappa shape index (κ3) is 8.76. The predicted octanol–water partition coefficient (Wildman–Crippen LogP) is 0.0889. The van der Waals surface area contributed by atoms with Crippen molar-refractivity contribution in [3.8, 4) is 12.5 Å². The second kappa shape index (κ2) is 11.9. The van der Waals surface area contributed by atoms with Gasteiger partial charge in [-0.1, -0.05) is 13.3 Å². The van der Waals surface area contributed by atoms with Gasteiger partial charge in [0.2, 0.25) is 0 Å². The summed E-state index contributed by atoms with van der Waals surface area (Å²) in [5.41, 5.74) is 0. The number of aliphatic hydroxyl groups is 1. The third-order valence-electron chi connectivity index (χ3n) is 2.15. The molecule has 0 amide bonds. The number of nitriles is 2. The van der Waals surface area contributed by atoms with Crippen LogP contribution in [0.2, 0.25) is 0 Å². The van der Waals surface area contributed by atoms with Crippen molar-refractivity contribution < 1.29 is 14.8 Å². The summed E-state index contributed by atoms with van der Waals surface area (Å²) in [7, 11) is 2.08. The maximum absolute atomic E-state index is 8.24. The summed E-state index contributed by atoms with van der Waals surface area (Å²) in [4.78, 5) is 0. The highest BCUT2D eigenvalue weighted by atomic mass is 16.2. The molecule has 0 saturated heterocycles. The summed E-state index contributed by atoms with van der Waals surface area (Å²) in [5, 5.41) is 28.8. The second-order valence-electron chi connectivity index (χ2n) is 3.19. The first-order valence-electron chi connectivity index (χ1n) is 5.14. The van der Waals surface area contributed by atoms with E-state index in [0.29, 0.717) is 6.26 Å². The van der Waals surface area contributed by atoms with Crippen molar-refractivity contribution in [2.75, 3.05) is 0 Å². The van der Waals surface area contributed by atoms with Crippen molar-refractivity contribution in [2.45, 2.75) is 33.2 Å². The van der Waals surface area contributed by atoms with Crippen LogP contribution >= 0.6 is 0 Å². The van der Waals surface area contributed by atoms with Gasteiger partial charge < -0.3 is 10.2 Å². The number of aliphatic hydroxyl groups excluding tert-OH is 1. The van der Waals surface area contributed by atoms with Crippen LogP contribution in [0, 0.1) is 30.0 Å². The van der Waals surface area contributed by atoms with Crippen LogP contribution in [-0.2, 0) is 13.6 Å². The summed E-state index contributed by atoms with van der Waals surface area (Å²) in [5.74, 6) is 1.33. The van der Waals surface area contributed by atoms with Gasteiger partial charge in [0.25, 0.3) is 12.1 Å². The summed E-state index contributed by atoms with van der Waals surface area (Å²) < 4.78 is 4.44. The van der Waals surface area contributed by atoms with Crippen LogP contribution in [0.5, 0.6) is 0 Å². The Morgan fingerprint density at radius 3 is 2.29 bits per heavy atom. The summed E-state index contributed by atoms with van der Waals surface area (Å²) in [6.07, 6.45) is 8.03. The molecular weight excluding hydrogens is 220 g/mol. The molecule has 1 N–H and O–H groups in total. The molecule has 1 rings (SSSR count). The maximum atomic E-state index is 8.24. The first kappa shape index (κ1) is 17.2. The lowest BCUT2D eigenvalue weighted by molar-refractivity contribution is -0.677. The topological polar surface area (TPSA) is 99.7 Å². The highest BCUT2D eigenvalue weighted by Gasteiger charge is 2.06. The molecule has 0 radical (unpaired) electrons. The van der Waals surface area contributed by atoms with Crippen molar-refractivity contribution in [1.29, 1.82) is 10.5 Å². The largest absolute Gasteiger partial charge is 0.812 e. The Bertz CT molecular complexity index is 362. The summed E-state index contributed by atoms with van der Waals surface area (Å²) in [6, 6.07) is 0. The minimum Gasteiger partial charge on any atom is -0.812 e. The van der Waals surface area contributed by atoms with Crippen LogP contribution in [0.4, 0.5) is 0 Å². The van der Waals surface area contributed by atoms with Gasteiger partial charge in [-0.15, -0.1) is 0 Å². The zero-order valence-electron chi connectivity index (χ0n) is 10.4. The Balaban J connectivity index is 0. The van der Waals surface area contributed by atoms with Gasteiger partial charge in [-0.3, -0.25) is 0 Å². The molecule has 0 unspecified atom stereocenters. The molecule has 6 heteroatoms. The molecule has 6 nitrogen and oxygen atoms in total. The molecule has 1 aromatic heterocycles. The molecule has 0 spiro atoms. The van der Waals surface area contributed by atoms with E-state index in [9.17, 15) is 0 Å². The van der Waals surface area contributed by atoms with Crippen LogP contribution in [0.25, 0.3) is 0 Å². The molecule has 17 heavy (non-hydrogen) atoms. The fourth-order valence-electron chi connectivity index (χ4n) is 1.16. The monoisotopic (exact) mass is 238 g/mol. The van der Waals surface area contributed by atoms with Crippen molar-refractivity contribution in [1.82, 2.24) is 4.57 Å². The zero-order valence-corrected chi connectivity index (χ0v) is 10.4. The number of nitrogens with zero attached hydrogens (tertiary/aromatic N) is 4. The van der Waals surface area contributed by atoms with Crippen molar-refractivity contribution in [3.63, 3.8) is 0 Å². The minimum absolute atomic E-state index is 0.500. The van der Waals surface area contributed by atoms with Gasteiger partial charge in [0.1, 0.15) is 12.4 Å². The van der Waals surface area contributed by atoms with Crippen LogP contribution in [0.1, 0.15) is 25.6 Å². The molecular formula is C11H18N4O2. The lowest BCUT2D eigenvalue weighted by Crippen LogP contribution is -2.29. The number of rotatable bonds is 3. The molecule has 0 atom stereocenters. The van der Waals surface area contributed by atoms with E-state index in [-0.39, 0.29) is 0 Å². The second-order valence-corrected chi connectivity index (χ2v) is 3.19. The molecule has 0 bridgehead atoms. The SMILES string of the molecule is CCCCn1cc[n+](C)c1C.N#CO.N#C[O-]. The fourth-order valence-corrected chi connectivity index (χ4v) is 1.16. The highest BCUT2D eigenvalue weighted by molar-refractivity contribution is 4.78. The first-order chi connectivity index (χ1) is 8.08. The van der Waals surface area contributed by atoms with E-state index in [4.69, 9.17) is 20.7 Å². The smallest absolute Gasteiger partial charge is 0.283 e. The van der Waals surface area contributed by atoms with Gasteiger partial charge in [0.15, 0.2) is 0 Å². The molecule has 0 aliphatic heterocycles. The predicted molar refractivity (Wildman–Crippen MR) is 58.4 cm³/mol. The quantitative estimate of drug-likeness (QED) is 0.595. The van der Waals surface area contributed by atoms with E-state index < -0.39 is 0 Å². The number of aromatic nitrogens is 2. The normalized spacial score (nSPS) is 7.59. The lowest BCUT2D eigenvalue weighted by atomic mass is 10.3. The Labute approximate surface area is 102 Å². The molecule has 0 aliphatic carbocycles. The maximum Gasteiger partial charge on any atom is 0.283 e. The van der Waals surface area contributed by atoms with Crippen molar-refractivity contribution >= 4 is 0 Å². The van der Waals surface area contributed by atoms with Crippen molar-refractivity contribution in [3.05, 3.63) is 18.2 Å². The van der Waals surface area contributed by atoms with E-state index >= 15 is 0 Å². The highest BCUT2D eigenvalue weighted by Crippen LogP contribution is 1.96. The molecule has 94 valence electrons. The van der Waals surface area contributed by atoms with E-state index in [1.54, 1.807) is 0 Å². The van der Waals surface area contributed by atoms with E-state index in [1.807, 2.05) is 0 Å². The van der Waals surface area contributed by atoms with Crippen LogP contribution in [0.3, 0.4) is 0 Å². The molecule has 0 aliphatic rings. The minimum atomic E-state index is 0.500. The van der Waals surface area contributed by atoms with Crippen LogP contribution < -0.4 is 9.67 Å². The number of hydrogen-bond donors (Lipinski definition) is 1. The zero-order chi connectivity index (χ0) is 13.7. The molecule has 1 heterocycles. The lowest BCUT2D eigenvalue weighted by Gasteiger charge is -1.95. The number of hydrogen-bond acceptors (Lipinski definition) is 4. The average molecular weight is 238 g/mol. The van der Waals surface area contributed by atoms with Crippen LogP contribution in [-0.4, -0.2) is 9.67 Å². The van der Waals surface area contributed by atoms with Gasteiger partial charge in [0.05, 0.1) is 13.6 Å². The number of aryl methyl sites for hydroxylation is 2. The van der Waals surface area contributed by atoms with Gasteiger partial charge in [-0.2, -0.15) is 5.26 Å². The summed E-state index contributed by atoms with van der Waals surface area (Å²) in [6.45, 7) is 5.53. The van der Waals surface area contributed by atoms with Gasteiger partial charge >= 0.3 is 0 Å². The Morgan fingerprint density at radius 2 is 2.00 bits per heavy atom. The van der Waals surface area contributed by atoms with Gasteiger partial charge in [0, 0.05) is 13.2 Å². The molecule has 1 aromatic rings. The van der Waals surface area contributed by atoms with E-state index in [1.165, 1.54) is 18.7 Å². The standard InChI is InChI=1S/C9H17N2.2CHNO/c1-4-5-6-11-8-7-10(3)9(11)2;2*2-1-3/h7-8H,4-6H2,1-3H3;2*3H/q+1;;/p-1. The van der Waals surface area contributed by atoms with E-state index in [2.05, 4.69) is 42.4 Å². The van der Waals surface area contributed by atoms with Crippen LogP contribution in [0.15, 0.2) is 12.4 Å². The molecule has 0 fully saturated rings.